The topological polar surface area (TPSA) is 61.9 Å². The molecule has 2 aromatic carbocycles. The lowest BCUT2D eigenvalue weighted by molar-refractivity contribution is -0.116. The van der Waals surface area contributed by atoms with Crippen LogP contribution in [0.2, 0.25) is 5.02 Å². The molecular weight excluding hydrogens is 438 g/mol. The van der Waals surface area contributed by atoms with Gasteiger partial charge < -0.3 is 19.9 Å². The molecular formula is C26H34ClN3O3. The van der Waals surface area contributed by atoms with Crippen molar-refractivity contribution in [2.45, 2.75) is 45.8 Å². The second-order valence-electron chi connectivity index (χ2n) is 9.18. The van der Waals surface area contributed by atoms with Crippen molar-refractivity contribution in [2.75, 3.05) is 37.5 Å². The summed E-state index contributed by atoms with van der Waals surface area (Å²) in [5.41, 5.74) is 3.13. The Morgan fingerprint density at radius 2 is 1.94 bits per heavy atom. The Morgan fingerprint density at radius 3 is 2.58 bits per heavy atom. The summed E-state index contributed by atoms with van der Waals surface area (Å²) in [5, 5.41) is 3.42. The summed E-state index contributed by atoms with van der Waals surface area (Å²) >= 11 is 6.35. The number of hydrogen-bond acceptors (Lipinski definition) is 4. The predicted octanol–water partition coefficient (Wildman–Crippen LogP) is 5.21. The summed E-state index contributed by atoms with van der Waals surface area (Å²) in [7, 11) is 3.94. The van der Waals surface area contributed by atoms with Crippen LogP contribution in [0.1, 0.15) is 49.0 Å². The van der Waals surface area contributed by atoms with Crippen molar-refractivity contribution in [3.63, 3.8) is 0 Å². The van der Waals surface area contributed by atoms with E-state index >= 15 is 0 Å². The number of carbonyl (C=O) groups excluding carboxylic acids is 2. The monoisotopic (exact) mass is 471 g/mol. The molecule has 1 fully saturated rings. The lowest BCUT2D eigenvalue weighted by Crippen LogP contribution is -2.37. The fraction of sp³-hybridized carbons (Fsp3) is 0.462. The molecule has 2 amide bonds. The Labute approximate surface area is 201 Å². The number of amides is 2. The van der Waals surface area contributed by atoms with Crippen molar-refractivity contribution in [2.24, 2.45) is 5.92 Å². The maximum atomic E-state index is 13.5. The lowest BCUT2D eigenvalue weighted by Gasteiger charge is -2.28. The van der Waals surface area contributed by atoms with Crippen LogP contribution < -0.4 is 10.2 Å². The van der Waals surface area contributed by atoms with Crippen molar-refractivity contribution in [3.05, 3.63) is 58.6 Å². The molecule has 1 saturated heterocycles. The number of rotatable bonds is 9. The number of anilines is 2. The molecule has 178 valence electrons. The number of nitrogens with one attached hydrogen (secondary N) is 1. The number of ether oxygens (including phenoxy) is 1. The Hall–Kier alpha value is -2.57. The number of hydrogen-bond donors (Lipinski definition) is 1. The van der Waals surface area contributed by atoms with Crippen LogP contribution in [-0.2, 0) is 16.1 Å². The summed E-state index contributed by atoms with van der Waals surface area (Å²) in [4.78, 5) is 29.7. The van der Waals surface area contributed by atoms with Crippen LogP contribution in [0.3, 0.4) is 0 Å². The third kappa shape index (κ3) is 6.95. The summed E-state index contributed by atoms with van der Waals surface area (Å²) < 4.78 is 5.83. The van der Waals surface area contributed by atoms with Gasteiger partial charge in [0.25, 0.3) is 5.91 Å². The third-order valence-electron chi connectivity index (χ3n) is 5.64. The molecule has 1 aliphatic heterocycles. The zero-order valence-electron chi connectivity index (χ0n) is 19.9. The van der Waals surface area contributed by atoms with Crippen LogP contribution in [0.15, 0.2) is 42.5 Å². The van der Waals surface area contributed by atoms with Gasteiger partial charge in [0.05, 0.1) is 16.7 Å². The molecule has 3 rings (SSSR count). The van der Waals surface area contributed by atoms with Gasteiger partial charge in [-0.15, -0.1) is 0 Å². The van der Waals surface area contributed by atoms with Gasteiger partial charge in [0.15, 0.2) is 0 Å². The minimum atomic E-state index is -0.130. The molecule has 0 aliphatic carbocycles. The van der Waals surface area contributed by atoms with E-state index in [1.165, 1.54) is 0 Å². The molecule has 33 heavy (non-hydrogen) atoms. The van der Waals surface area contributed by atoms with E-state index in [1.807, 2.05) is 63.2 Å². The molecule has 0 spiro atoms. The van der Waals surface area contributed by atoms with Crippen LogP contribution in [0, 0.1) is 5.92 Å². The molecule has 6 nitrogen and oxygen atoms in total. The molecule has 2 aromatic rings. The standard InChI is InChI=1S/C26H34ClN3O3/c1-18(2)14-25(31)28-20-11-12-24(29(3)4)19(15-20)16-30(17-21-8-7-13-33-21)26(32)22-9-5-6-10-23(22)27/h5-6,9-12,15,18,21H,7-8,13-14,16-17H2,1-4H3,(H,28,31)/t21-/m0/s1. The second-order valence-corrected chi connectivity index (χ2v) is 9.59. The molecule has 0 unspecified atom stereocenters. The highest BCUT2D eigenvalue weighted by Gasteiger charge is 2.26. The molecule has 1 N–H and O–H groups in total. The maximum absolute atomic E-state index is 13.5. The van der Waals surface area contributed by atoms with E-state index in [1.54, 1.807) is 17.0 Å². The first-order chi connectivity index (χ1) is 15.7. The highest BCUT2D eigenvalue weighted by molar-refractivity contribution is 6.33. The van der Waals surface area contributed by atoms with E-state index in [4.69, 9.17) is 16.3 Å². The maximum Gasteiger partial charge on any atom is 0.255 e. The lowest BCUT2D eigenvalue weighted by atomic mass is 10.1. The average molecular weight is 472 g/mol. The molecule has 0 saturated carbocycles. The normalized spacial score (nSPS) is 15.5. The van der Waals surface area contributed by atoms with Gasteiger partial charge in [0, 0.05) is 51.6 Å². The molecule has 1 atom stereocenters. The van der Waals surface area contributed by atoms with E-state index in [0.717, 1.165) is 36.4 Å². The van der Waals surface area contributed by atoms with Crippen molar-refractivity contribution >= 4 is 34.8 Å². The smallest absolute Gasteiger partial charge is 0.255 e. The Balaban J connectivity index is 1.90. The number of nitrogens with zero attached hydrogens (tertiary/aromatic N) is 2. The van der Waals surface area contributed by atoms with Gasteiger partial charge in [0.2, 0.25) is 5.91 Å². The third-order valence-corrected chi connectivity index (χ3v) is 5.97. The first-order valence-corrected chi connectivity index (χ1v) is 11.9. The fourth-order valence-corrected chi connectivity index (χ4v) is 4.29. The Morgan fingerprint density at radius 1 is 1.18 bits per heavy atom. The van der Waals surface area contributed by atoms with Crippen LogP contribution in [0.4, 0.5) is 11.4 Å². The molecule has 0 bridgehead atoms. The van der Waals surface area contributed by atoms with E-state index in [9.17, 15) is 9.59 Å². The molecule has 0 radical (unpaired) electrons. The molecule has 1 aliphatic rings. The fourth-order valence-electron chi connectivity index (χ4n) is 4.07. The predicted molar refractivity (Wildman–Crippen MR) is 134 cm³/mol. The van der Waals surface area contributed by atoms with E-state index in [0.29, 0.717) is 30.1 Å². The van der Waals surface area contributed by atoms with Gasteiger partial charge >= 0.3 is 0 Å². The zero-order chi connectivity index (χ0) is 24.0. The Kier molecular flexibility index (Phi) is 8.75. The average Bonchev–Trinajstić information content (AvgIpc) is 3.25. The van der Waals surface area contributed by atoms with Gasteiger partial charge in [0.1, 0.15) is 0 Å². The largest absolute Gasteiger partial charge is 0.377 e. The number of halogens is 1. The van der Waals surface area contributed by atoms with Gasteiger partial charge in [-0.25, -0.2) is 0 Å². The first kappa shape index (κ1) is 25.1. The van der Waals surface area contributed by atoms with Crippen LogP contribution in [0.5, 0.6) is 0 Å². The molecule has 0 aromatic heterocycles. The van der Waals surface area contributed by atoms with Crippen molar-refractivity contribution in [1.29, 1.82) is 0 Å². The van der Waals surface area contributed by atoms with Gasteiger partial charge in [-0.3, -0.25) is 9.59 Å². The van der Waals surface area contributed by atoms with Crippen molar-refractivity contribution < 1.29 is 14.3 Å². The summed E-state index contributed by atoms with van der Waals surface area (Å²) in [6.07, 6.45) is 2.39. The minimum Gasteiger partial charge on any atom is -0.377 e. The second kappa shape index (κ2) is 11.5. The van der Waals surface area contributed by atoms with Crippen LogP contribution in [-0.4, -0.2) is 50.1 Å². The summed E-state index contributed by atoms with van der Waals surface area (Å²) in [6, 6.07) is 13.0. The van der Waals surface area contributed by atoms with Crippen LogP contribution >= 0.6 is 11.6 Å². The van der Waals surface area contributed by atoms with Gasteiger partial charge in [-0.2, -0.15) is 0 Å². The van der Waals surface area contributed by atoms with Crippen molar-refractivity contribution in [3.8, 4) is 0 Å². The van der Waals surface area contributed by atoms with Gasteiger partial charge in [-0.1, -0.05) is 37.6 Å². The van der Waals surface area contributed by atoms with Crippen molar-refractivity contribution in [1.82, 2.24) is 4.90 Å². The van der Waals surface area contributed by atoms with E-state index in [-0.39, 0.29) is 23.8 Å². The van der Waals surface area contributed by atoms with E-state index < -0.39 is 0 Å². The van der Waals surface area contributed by atoms with E-state index in [2.05, 4.69) is 5.32 Å². The molecule has 1 heterocycles. The summed E-state index contributed by atoms with van der Waals surface area (Å²) in [6.45, 7) is 5.62. The number of benzene rings is 2. The number of carbonyl (C=O) groups is 2. The quantitative estimate of drug-likeness (QED) is 0.545. The van der Waals surface area contributed by atoms with Gasteiger partial charge in [-0.05, 0) is 54.7 Å². The SMILES string of the molecule is CC(C)CC(=O)Nc1ccc(N(C)C)c(CN(C[C@@H]2CCCO2)C(=O)c2ccccc2Cl)c1. The first-order valence-electron chi connectivity index (χ1n) is 11.5. The van der Waals surface area contributed by atoms with Crippen LogP contribution in [0.25, 0.3) is 0 Å². The molecule has 7 heteroatoms. The minimum absolute atomic E-state index is 0.00757. The highest BCUT2D eigenvalue weighted by Crippen LogP contribution is 2.27. The summed E-state index contributed by atoms with van der Waals surface area (Å²) in [5.74, 6) is 0.132. The highest BCUT2D eigenvalue weighted by atomic mass is 35.5. The zero-order valence-corrected chi connectivity index (χ0v) is 20.7. The Bertz CT molecular complexity index is 971.